The molecule has 3 nitrogen and oxygen atoms in total. The molecular formula is C9H10F2N2O. The van der Waals surface area contributed by atoms with E-state index in [1.807, 2.05) is 0 Å². The predicted molar refractivity (Wildman–Crippen MR) is 49.3 cm³/mol. The van der Waals surface area contributed by atoms with E-state index in [9.17, 15) is 8.78 Å². The second kappa shape index (κ2) is 4.55. The van der Waals surface area contributed by atoms with Crippen LogP contribution >= 0.6 is 0 Å². The fourth-order valence-corrected chi connectivity index (χ4v) is 1.00. The van der Waals surface area contributed by atoms with Crippen molar-refractivity contribution in [3.63, 3.8) is 0 Å². The van der Waals surface area contributed by atoms with Crippen molar-refractivity contribution in [1.82, 2.24) is 0 Å². The summed E-state index contributed by atoms with van der Waals surface area (Å²) in [5.41, 5.74) is 0.356. The molecule has 2 N–H and O–H groups in total. The molecule has 1 aromatic rings. The number of halogens is 2. The highest BCUT2D eigenvalue weighted by molar-refractivity contribution is 5.80. The van der Waals surface area contributed by atoms with Crippen LogP contribution in [0.3, 0.4) is 0 Å². The summed E-state index contributed by atoms with van der Waals surface area (Å²) in [6, 6.07) is 2.33. The van der Waals surface area contributed by atoms with Crippen LogP contribution in [0.25, 0.3) is 0 Å². The first-order valence-electron chi connectivity index (χ1n) is 4.04. The molecule has 0 amide bonds. The van der Waals surface area contributed by atoms with Gasteiger partial charge in [-0.05, 0) is 19.1 Å². The third-order valence-corrected chi connectivity index (χ3v) is 1.54. The SMILES string of the molecule is CCOc1cc(C=NN)cc(F)c1F. The largest absolute Gasteiger partial charge is 0.491 e. The van der Waals surface area contributed by atoms with E-state index < -0.39 is 11.6 Å². The standard InChI is InChI=1S/C9H10F2N2O/c1-2-14-8-4-6(5-13-12)3-7(10)9(8)11/h3-5H,2,12H2,1H3. The monoisotopic (exact) mass is 200 g/mol. The predicted octanol–water partition coefficient (Wildman–Crippen LogP) is 1.66. The first kappa shape index (κ1) is 10.4. The van der Waals surface area contributed by atoms with Gasteiger partial charge in [0.1, 0.15) is 0 Å². The topological polar surface area (TPSA) is 47.6 Å². The molecule has 0 aliphatic rings. The normalized spacial score (nSPS) is 10.8. The molecule has 1 aromatic carbocycles. The number of nitrogens with two attached hydrogens (primary N) is 1. The van der Waals surface area contributed by atoms with Crippen molar-refractivity contribution in [2.45, 2.75) is 6.92 Å². The second-order valence-electron chi connectivity index (χ2n) is 2.53. The highest BCUT2D eigenvalue weighted by Gasteiger charge is 2.10. The average Bonchev–Trinajstić information content (AvgIpc) is 2.14. The molecular weight excluding hydrogens is 190 g/mol. The van der Waals surface area contributed by atoms with Crippen LogP contribution in [-0.2, 0) is 0 Å². The lowest BCUT2D eigenvalue weighted by Gasteiger charge is -2.05. The molecule has 0 heterocycles. The molecule has 0 saturated carbocycles. The third-order valence-electron chi connectivity index (χ3n) is 1.54. The number of nitrogens with zero attached hydrogens (tertiary/aromatic N) is 1. The minimum atomic E-state index is -0.999. The van der Waals surface area contributed by atoms with Crippen LogP contribution in [0.4, 0.5) is 8.78 Å². The molecule has 0 aromatic heterocycles. The van der Waals surface area contributed by atoms with Gasteiger partial charge in [0.05, 0.1) is 12.8 Å². The lowest BCUT2D eigenvalue weighted by molar-refractivity contribution is 0.314. The summed E-state index contributed by atoms with van der Waals surface area (Å²) in [5, 5.41) is 3.21. The first-order valence-corrected chi connectivity index (χ1v) is 4.04. The van der Waals surface area contributed by atoms with Crippen molar-refractivity contribution in [1.29, 1.82) is 0 Å². The van der Waals surface area contributed by atoms with Crippen LogP contribution in [0.5, 0.6) is 5.75 Å². The van der Waals surface area contributed by atoms with Crippen LogP contribution in [-0.4, -0.2) is 12.8 Å². The molecule has 14 heavy (non-hydrogen) atoms. The molecule has 0 aliphatic carbocycles. The summed E-state index contributed by atoms with van der Waals surface area (Å²) in [6.07, 6.45) is 1.21. The van der Waals surface area contributed by atoms with E-state index in [1.165, 1.54) is 12.3 Å². The minimum Gasteiger partial charge on any atom is -0.491 e. The summed E-state index contributed by atoms with van der Waals surface area (Å²) in [4.78, 5) is 0. The maximum atomic E-state index is 13.0. The lowest BCUT2D eigenvalue weighted by atomic mass is 10.2. The molecule has 76 valence electrons. The van der Waals surface area contributed by atoms with Crippen LogP contribution < -0.4 is 10.6 Å². The minimum absolute atomic E-state index is 0.137. The Bertz CT molecular complexity index is 353. The zero-order chi connectivity index (χ0) is 10.6. The van der Waals surface area contributed by atoms with Gasteiger partial charge in [-0.15, -0.1) is 0 Å². The van der Waals surface area contributed by atoms with Gasteiger partial charge in [-0.1, -0.05) is 0 Å². The average molecular weight is 200 g/mol. The summed E-state index contributed by atoms with van der Waals surface area (Å²) in [5.74, 6) is 2.77. The van der Waals surface area contributed by atoms with Gasteiger partial charge >= 0.3 is 0 Å². The molecule has 0 unspecified atom stereocenters. The number of hydrazone groups is 1. The van der Waals surface area contributed by atoms with E-state index in [4.69, 9.17) is 10.6 Å². The first-order chi connectivity index (χ1) is 6.69. The van der Waals surface area contributed by atoms with Gasteiger partial charge in [-0.2, -0.15) is 9.49 Å². The Morgan fingerprint density at radius 3 is 2.79 bits per heavy atom. The van der Waals surface area contributed by atoms with Gasteiger partial charge in [-0.3, -0.25) is 0 Å². The van der Waals surface area contributed by atoms with Gasteiger partial charge in [-0.25, -0.2) is 4.39 Å². The molecule has 0 radical (unpaired) electrons. The summed E-state index contributed by atoms with van der Waals surface area (Å²) < 4.78 is 30.8. The van der Waals surface area contributed by atoms with Crippen molar-refractivity contribution in [3.8, 4) is 5.75 Å². The zero-order valence-corrected chi connectivity index (χ0v) is 7.63. The maximum Gasteiger partial charge on any atom is 0.200 e. The van der Waals surface area contributed by atoms with E-state index in [0.717, 1.165) is 6.07 Å². The molecule has 1 rings (SSSR count). The van der Waals surface area contributed by atoms with Crippen LogP contribution in [0.15, 0.2) is 17.2 Å². The lowest BCUT2D eigenvalue weighted by Crippen LogP contribution is -1.99. The smallest absolute Gasteiger partial charge is 0.200 e. The highest BCUT2D eigenvalue weighted by atomic mass is 19.2. The Hall–Kier alpha value is -1.65. The number of rotatable bonds is 3. The van der Waals surface area contributed by atoms with E-state index in [0.29, 0.717) is 5.56 Å². The molecule has 0 spiro atoms. The Kier molecular flexibility index (Phi) is 3.39. The number of benzene rings is 1. The maximum absolute atomic E-state index is 13.0. The van der Waals surface area contributed by atoms with Crippen LogP contribution in [0.1, 0.15) is 12.5 Å². The molecule has 0 bridgehead atoms. The Morgan fingerprint density at radius 1 is 1.50 bits per heavy atom. The van der Waals surface area contributed by atoms with E-state index in [2.05, 4.69) is 5.10 Å². The van der Waals surface area contributed by atoms with Crippen LogP contribution in [0.2, 0.25) is 0 Å². The van der Waals surface area contributed by atoms with Gasteiger partial charge in [0.25, 0.3) is 0 Å². The quantitative estimate of drug-likeness (QED) is 0.458. The van der Waals surface area contributed by atoms with E-state index in [1.54, 1.807) is 6.92 Å². The zero-order valence-electron chi connectivity index (χ0n) is 7.63. The highest BCUT2D eigenvalue weighted by Crippen LogP contribution is 2.21. The van der Waals surface area contributed by atoms with Crippen LogP contribution in [0, 0.1) is 11.6 Å². The Balaban J connectivity index is 3.13. The summed E-state index contributed by atoms with van der Waals surface area (Å²) >= 11 is 0. The van der Waals surface area contributed by atoms with Crippen molar-refractivity contribution < 1.29 is 13.5 Å². The van der Waals surface area contributed by atoms with E-state index in [-0.39, 0.29) is 12.4 Å². The molecule has 0 aliphatic heterocycles. The van der Waals surface area contributed by atoms with Crippen molar-refractivity contribution in [3.05, 3.63) is 29.3 Å². The molecule has 0 saturated heterocycles. The molecule has 0 atom stereocenters. The van der Waals surface area contributed by atoms with Gasteiger partial charge < -0.3 is 10.6 Å². The van der Waals surface area contributed by atoms with Gasteiger partial charge in [0.15, 0.2) is 11.6 Å². The second-order valence-corrected chi connectivity index (χ2v) is 2.53. The fraction of sp³-hybridized carbons (Fsp3) is 0.222. The Labute approximate surface area is 80.2 Å². The Morgan fingerprint density at radius 2 is 2.21 bits per heavy atom. The molecule has 0 fully saturated rings. The van der Waals surface area contributed by atoms with Crippen molar-refractivity contribution in [2.24, 2.45) is 10.9 Å². The number of hydrogen-bond acceptors (Lipinski definition) is 3. The number of hydrogen-bond donors (Lipinski definition) is 1. The van der Waals surface area contributed by atoms with Crippen molar-refractivity contribution in [2.75, 3.05) is 6.61 Å². The van der Waals surface area contributed by atoms with Gasteiger partial charge in [0.2, 0.25) is 5.82 Å². The number of ether oxygens (including phenoxy) is 1. The van der Waals surface area contributed by atoms with E-state index >= 15 is 0 Å². The third kappa shape index (κ3) is 2.18. The molecule has 5 heteroatoms. The summed E-state index contributed by atoms with van der Waals surface area (Å²) in [7, 11) is 0. The van der Waals surface area contributed by atoms with Gasteiger partial charge in [0, 0.05) is 5.56 Å². The van der Waals surface area contributed by atoms with Crippen molar-refractivity contribution >= 4 is 6.21 Å². The summed E-state index contributed by atoms with van der Waals surface area (Å²) in [6.45, 7) is 1.95. The fourth-order valence-electron chi connectivity index (χ4n) is 1.00.